The van der Waals surface area contributed by atoms with Gasteiger partial charge >= 0.3 is 6.03 Å². The number of nitrogens with one attached hydrogen (secondary N) is 2. The molecule has 0 saturated carbocycles. The molecule has 152 valence electrons. The van der Waals surface area contributed by atoms with Crippen molar-refractivity contribution in [1.29, 1.82) is 0 Å². The number of benzene rings is 2. The number of urea groups is 1. The number of carbonyl (C=O) groups excluding carboxylic acids is 3. The number of hydrogen-bond acceptors (Lipinski definition) is 4. The van der Waals surface area contributed by atoms with Crippen LogP contribution in [-0.2, 0) is 20.5 Å². The van der Waals surface area contributed by atoms with Gasteiger partial charge in [-0.05, 0) is 35.6 Å². The normalized spacial score (nSPS) is 19.2. The van der Waals surface area contributed by atoms with Crippen LogP contribution in [0.1, 0.15) is 38.8 Å². The molecule has 2 aromatic rings. The molecule has 1 atom stereocenters. The van der Waals surface area contributed by atoms with Gasteiger partial charge in [-0.25, -0.2) is 4.79 Å². The first-order valence-corrected chi connectivity index (χ1v) is 9.35. The highest BCUT2D eigenvalue weighted by Gasteiger charge is 2.49. The summed E-state index contributed by atoms with van der Waals surface area (Å²) >= 11 is 0. The first-order chi connectivity index (χ1) is 13.5. The topological polar surface area (TPSA) is 98.7 Å². The molecule has 4 amide bonds. The van der Waals surface area contributed by atoms with Crippen LogP contribution in [0.4, 0.5) is 10.5 Å². The minimum absolute atomic E-state index is 0.00377. The fraction of sp³-hybridized carbons (Fsp3) is 0.318. The Morgan fingerprint density at radius 1 is 1.14 bits per heavy atom. The molecule has 0 aliphatic carbocycles. The van der Waals surface area contributed by atoms with Crippen molar-refractivity contribution in [2.75, 3.05) is 11.9 Å². The second kappa shape index (κ2) is 7.24. The number of hydrogen-bond donors (Lipinski definition) is 3. The summed E-state index contributed by atoms with van der Waals surface area (Å²) in [5, 5.41) is 14.7. The zero-order valence-electron chi connectivity index (χ0n) is 16.9. The van der Waals surface area contributed by atoms with Gasteiger partial charge in [0.05, 0.1) is 0 Å². The smallest absolute Gasteiger partial charge is 0.325 e. The Hall–Kier alpha value is -3.35. The molecule has 1 heterocycles. The van der Waals surface area contributed by atoms with E-state index in [1.807, 2.05) is 24.3 Å². The third-order valence-electron chi connectivity index (χ3n) is 5.03. The molecular formula is C22H25N3O4. The summed E-state index contributed by atoms with van der Waals surface area (Å²) < 4.78 is 0. The highest BCUT2D eigenvalue weighted by Crippen LogP contribution is 2.31. The number of rotatable bonds is 4. The third-order valence-corrected chi connectivity index (χ3v) is 5.03. The number of anilines is 1. The minimum Gasteiger partial charge on any atom is -0.508 e. The van der Waals surface area contributed by atoms with E-state index in [1.54, 1.807) is 19.1 Å². The number of aromatic hydroxyl groups is 1. The number of imide groups is 1. The summed E-state index contributed by atoms with van der Waals surface area (Å²) in [6.45, 7) is 7.50. The molecule has 29 heavy (non-hydrogen) atoms. The predicted octanol–water partition coefficient (Wildman–Crippen LogP) is 3.10. The fourth-order valence-electron chi connectivity index (χ4n) is 3.27. The van der Waals surface area contributed by atoms with Crippen molar-refractivity contribution in [1.82, 2.24) is 10.2 Å². The molecule has 1 unspecified atom stereocenters. The number of nitrogens with zero attached hydrogens (tertiary/aromatic N) is 1. The molecule has 0 bridgehead atoms. The largest absolute Gasteiger partial charge is 0.508 e. The molecule has 0 aromatic heterocycles. The lowest BCUT2D eigenvalue weighted by molar-refractivity contribution is -0.133. The lowest BCUT2D eigenvalue weighted by Gasteiger charge is -2.24. The lowest BCUT2D eigenvalue weighted by atomic mass is 9.84. The van der Waals surface area contributed by atoms with E-state index in [4.69, 9.17) is 0 Å². The standard InChI is InChI=1S/C22H25N3O4/c1-21(2,3)14-8-10-15(11-9-14)22(4)19(28)25(20(29)24-22)13-18(27)23-16-6-5-7-17(26)12-16/h5-12,26H,13H2,1-4H3,(H,23,27)(H,24,29). The molecule has 3 rings (SSSR count). The van der Waals surface area contributed by atoms with E-state index in [0.29, 0.717) is 11.3 Å². The van der Waals surface area contributed by atoms with Crippen LogP contribution in [0.15, 0.2) is 48.5 Å². The van der Waals surface area contributed by atoms with Crippen LogP contribution in [0.25, 0.3) is 0 Å². The zero-order valence-corrected chi connectivity index (χ0v) is 16.9. The van der Waals surface area contributed by atoms with Crippen LogP contribution in [0.5, 0.6) is 5.75 Å². The molecule has 1 aliphatic rings. The van der Waals surface area contributed by atoms with E-state index in [0.717, 1.165) is 10.5 Å². The van der Waals surface area contributed by atoms with E-state index < -0.39 is 29.9 Å². The maximum absolute atomic E-state index is 13.0. The first kappa shape index (κ1) is 20.4. The molecule has 3 N–H and O–H groups in total. The highest BCUT2D eigenvalue weighted by molar-refractivity contribution is 6.10. The third kappa shape index (κ3) is 4.08. The van der Waals surface area contributed by atoms with E-state index in [-0.39, 0.29) is 11.2 Å². The van der Waals surface area contributed by atoms with Gasteiger partial charge in [-0.3, -0.25) is 14.5 Å². The average Bonchev–Trinajstić information content (AvgIpc) is 2.85. The van der Waals surface area contributed by atoms with E-state index in [9.17, 15) is 19.5 Å². The molecule has 1 fully saturated rings. The Bertz CT molecular complexity index is 963. The highest BCUT2D eigenvalue weighted by atomic mass is 16.3. The summed E-state index contributed by atoms with van der Waals surface area (Å²) in [4.78, 5) is 38.6. The molecule has 2 aromatic carbocycles. The monoisotopic (exact) mass is 395 g/mol. The van der Waals surface area contributed by atoms with Crippen LogP contribution in [0.3, 0.4) is 0 Å². The second-order valence-electron chi connectivity index (χ2n) is 8.37. The summed E-state index contributed by atoms with van der Waals surface area (Å²) in [6.07, 6.45) is 0. The van der Waals surface area contributed by atoms with Gasteiger partial charge in [0.25, 0.3) is 5.91 Å². The van der Waals surface area contributed by atoms with Gasteiger partial charge in [0.1, 0.15) is 17.8 Å². The van der Waals surface area contributed by atoms with Gasteiger partial charge in [0, 0.05) is 11.8 Å². The van der Waals surface area contributed by atoms with Crippen LogP contribution < -0.4 is 10.6 Å². The fourth-order valence-corrected chi connectivity index (χ4v) is 3.27. The summed E-state index contributed by atoms with van der Waals surface area (Å²) in [7, 11) is 0. The van der Waals surface area contributed by atoms with Crippen LogP contribution in [-0.4, -0.2) is 34.4 Å². The molecule has 0 spiro atoms. The van der Waals surface area contributed by atoms with Crippen molar-refractivity contribution in [3.05, 3.63) is 59.7 Å². The van der Waals surface area contributed by atoms with Crippen molar-refractivity contribution >= 4 is 23.5 Å². The quantitative estimate of drug-likeness (QED) is 0.693. The Morgan fingerprint density at radius 3 is 2.38 bits per heavy atom. The van der Waals surface area contributed by atoms with Crippen molar-refractivity contribution in [2.45, 2.75) is 38.6 Å². The SMILES string of the molecule is CC(C)(C)c1ccc(C2(C)NC(=O)N(CC(=O)Nc3cccc(O)c3)C2=O)cc1. The predicted molar refractivity (Wildman–Crippen MR) is 109 cm³/mol. The number of amides is 4. The number of phenols is 1. The van der Waals surface area contributed by atoms with E-state index in [2.05, 4.69) is 31.4 Å². The molecular weight excluding hydrogens is 370 g/mol. The van der Waals surface area contributed by atoms with Gasteiger partial charge in [-0.1, -0.05) is 51.1 Å². The Labute approximate surface area is 169 Å². The van der Waals surface area contributed by atoms with Gasteiger partial charge in [0.2, 0.25) is 5.91 Å². The number of carbonyl (C=O) groups is 3. The maximum atomic E-state index is 13.0. The molecule has 7 heteroatoms. The molecule has 1 saturated heterocycles. The van der Waals surface area contributed by atoms with Gasteiger partial charge < -0.3 is 15.7 Å². The van der Waals surface area contributed by atoms with Crippen LogP contribution >= 0.6 is 0 Å². The van der Waals surface area contributed by atoms with E-state index >= 15 is 0 Å². The first-order valence-electron chi connectivity index (χ1n) is 9.35. The summed E-state index contributed by atoms with van der Waals surface area (Å²) in [5.74, 6) is -1.02. The van der Waals surface area contributed by atoms with Gasteiger partial charge in [-0.2, -0.15) is 0 Å². The summed E-state index contributed by atoms with van der Waals surface area (Å²) in [5.41, 5.74) is 0.878. The zero-order chi connectivity index (χ0) is 21.4. The Morgan fingerprint density at radius 2 is 1.79 bits per heavy atom. The van der Waals surface area contributed by atoms with Gasteiger partial charge in [-0.15, -0.1) is 0 Å². The Balaban J connectivity index is 1.75. The molecule has 1 aliphatic heterocycles. The van der Waals surface area contributed by atoms with Crippen molar-refractivity contribution in [2.24, 2.45) is 0 Å². The van der Waals surface area contributed by atoms with Crippen molar-refractivity contribution in [3.8, 4) is 5.75 Å². The van der Waals surface area contributed by atoms with Crippen LogP contribution in [0.2, 0.25) is 0 Å². The van der Waals surface area contributed by atoms with Crippen molar-refractivity contribution in [3.63, 3.8) is 0 Å². The Kier molecular flexibility index (Phi) is 5.09. The number of phenolic OH excluding ortho intramolecular Hbond substituents is 1. The van der Waals surface area contributed by atoms with Gasteiger partial charge in [0.15, 0.2) is 0 Å². The van der Waals surface area contributed by atoms with E-state index in [1.165, 1.54) is 12.1 Å². The molecule has 7 nitrogen and oxygen atoms in total. The van der Waals surface area contributed by atoms with Crippen molar-refractivity contribution < 1.29 is 19.5 Å². The lowest BCUT2D eigenvalue weighted by Crippen LogP contribution is -2.42. The maximum Gasteiger partial charge on any atom is 0.325 e. The summed E-state index contributed by atoms with van der Waals surface area (Å²) in [6, 6.07) is 13.0. The minimum atomic E-state index is -1.24. The molecule has 0 radical (unpaired) electrons. The van der Waals surface area contributed by atoms with Crippen LogP contribution in [0, 0.1) is 0 Å². The second-order valence-corrected chi connectivity index (χ2v) is 8.37. The average molecular weight is 395 g/mol.